The van der Waals surface area contributed by atoms with Crippen molar-refractivity contribution in [3.05, 3.63) is 53.6 Å². The molecule has 6 heteroatoms. The van der Waals surface area contributed by atoms with Crippen LogP contribution in [0.3, 0.4) is 0 Å². The number of carbonyl (C=O) groups is 1. The Morgan fingerprint density at radius 3 is 2.79 bits per heavy atom. The summed E-state index contributed by atoms with van der Waals surface area (Å²) in [6, 6.07) is 7.48. The lowest BCUT2D eigenvalue weighted by Gasteiger charge is -2.34. The van der Waals surface area contributed by atoms with E-state index in [1.807, 2.05) is 36.0 Å². The van der Waals surface area contributed by atoms with Gasteiger partial charge in [0.2, 0.25) is 5.91 Å². The van der Waals surface area contributed by atoms with Gasteiger partial charge < -0.3 is 15.4 Å². The van der Waals surface area contributed by atoms with Crippen LogP contribution in [0.2, 0.25) is 0 Å². The van der Waals surface area contributed by atoms with Gasteiger partial charge in [0, 0.05) is 31.5 Å². The third-order valence-corrected chi connectivity index (χ3v) is 4.82. The van der Waals surface area contributed by atoms with E-state index in [4.69, 9.17) is 5.73 Å². The molecule has 3 rings (SSSR count). The number of rotatable bonds is 5. The van der Waals surface area contributed by atoms with Crippen LogP contribution in [0.5, 0.6) is 0 Å². The van der Waals surface area contributed by atoms with Gasteiger partial charge in [0.15, 0.2) is 0 Å². The van der Waals surface area contributed by atoms with E-state index in [0.717, 1.165) is 43.9 Å². The van der Waals surface area contributed by atoms with Crippen molar-refractivity contribution in [1.82, 2.24) is 14.5 Å². The molecule has 1 unspecified atom stereocenters. The van der Waals surface area contributed by atoms with Gasteiger partial charge in [-0.15, -0.1) is 0 Å². The van der Waals surface area contributed by atoms with Crippen molar-refractivity contribution in [3.8, 4) is 0 Å². The molecular weight excluding hydrogens is 304 g/mol. The first-order valence-corrected chi connectivity index (χ1v) is 8.31. The number of likely N-dealkylation sites (tertiary alicyclic amines) is 1. The van der Waals surface area contributed by atoms with Crippen molar-refractivity contribution in [2.45, 2.75) is 25.5 Å². The first kappa shape index (κ1) is 16.7. The number of piperidine rings is 1. The molecule has 0 radical (unpaired) electrons. The summed E-state index contributed by atoms with van der Waals surface area (Å²) in [6.45, 7) is 2.65. The molecule has 0 aliphatic carbocycles. The molecule has 6 nitrogen and oxygen atoms in total. The molecule has 1 aromatic heterocycles. The molecule has 1 atom stereocenters. The minimum absolute atomic E-state index is 0.235. The highest BCUT2D eigenvalue weighted by Crippen LogP contribution is 2.30. The van der Waals surface area contributed by atoms with Crippen molar-refractivity contribution in [3.63, 3.8) is 0 Å². The van der Waals surface area contributed by atoms with E-state index >= 15 is 0 Å². The second kappa shape index (κ2) is 7.15. The molecule has 2 heterocycles. The van der Waals surface area contributed by atoms with Gasteiger partial charge in [-0.3, -0.25) is 9.69 Å². The molecule has 24 heavy (non-hydrogen) atoms. The highest BCUT2D eigenvalue weighted by Gasteiger charge is 2.28. The van der Waals surface area contributed by atoms with Crippen LogP contribution in [0.25, 0.3) is 0 Å². The van der Waals surface area contributed by atoms with Crippen molar-refractivity contribution in [2.24, 2.45) is 18.7 Å². The number of nitrogens with two attached hydrogens (primary N) is 1. The highest BCUT2D eigenvalue weighted by molar-refractivity contribution is 5.92. The maximum atomic E-state index is 11.3. The zero-order valence-corrected chi connectivity index (χ0v) is 13.9. The Morgan fingerprint density at radius 1 is 1.42 bits per heavy atom. The van der Waals surface area contributed by atoms with Crippen LogP contribution in [0, 0.1) is 5.92 Å². The van der Waals surface area contributed by atoms with Crippen molar-refractivity contribution < 1.29 is 9.90 Å². The Hall–Kier alpha value is -2.18. The Morgan fingerprint density at radius 2 is 2.17 bits per heavy atom. The van der Waals surface area contributed by atoms with Gasteiger partial charge in [-0.1, -0.05) is 12.1 Å². The van der Waals surface area contributed by atoms with Crippen LogP contribution in [0.4, 0.5) is 0 Å². The molecule has 0 bridgehead atoms. The van der Waals surface area contributed by atoms with E-state index in [-0.39, 0.29) is 5.92 Å². The second-order valence-corrected chi connectivity index (χ2v) is 6.52. The Balaban J connectivity index is 1.56. The third-order valence-electron chi connectivity index (χ3n) is 4.82. The number of hydrogen-bond acceptors (Lipinski definition) is 4. The molecule has 1 saturated heterocycles. The summed E-state index contributed by atoms with van der Waals surface area (Å²) in [6.07, 6.45) is 4.94. The molecule has 1 aliphatic rings. The van der Waals surface area contributed by atoms with Crippen LogP contribution in [-0.4, -0.2) is 38.6 Å². The van der Waals surface area contributed by atoms with Gasteiger partial charge in [-0.2, -0.15) is 0 Å². The molecule has 0 saturated carbocycles. The van der Waals surface area contributed by atoms with E-state index in [2.05, 4.69) is 9.88 Å². The minimum atomic E-state index is -0.509. The molecule has 3 N–H and O–H groups in total. The predicted molar refractivity (Wildman–Crippen MR) is 91.1 cm³/mol. The van der Waals surface area contributed by atoms with Crippen LogP contribution >= 0.6 is 0 Å². The number of aromatic nitrogens is 2. The van der Waals surface area contributed by atoms with Gasteiger partial charge in [0.05, 0.1) is 0 Å². The maximum Gasteiger partial charge on any atom is 0.248 e. The van der Waals surface area contributed by atoms with E-state index in [9.17, 15) is 9.90 Å². The Kier molecular flexibility index (Phi) is 4.97. The summed E-state index contributed by atoms with van der Waals surface area (Å²) in [7, 11) is 1.91. The molecule has 1 aromatic carbocycles. The van der Waals surface area contributed by atoms with E-state index in [0.29, 0.717) is 5.56 Å². The fourth-order valence-corrected chi connectivity index (χ4v) is 3.38. The van der Waals surface area contributed by atoms with Crippen LogP contribution in [0.1, 0.15) is 40.7 Å². The van der Waals surface area contributed by atoms with E-state index in [1.54, 1.807) is 12.3 Å². The average Bonchev–Trinajstić information content (AvgIpc) is 3.01. The summed E-state index contributed by atoms with van der Waals surface area (Å²) in [5.74, 6) is 0.579. The number of hydrogen-bond donors (Lipinski definition) is 2. The smallest absolute Gasteiger partial charge is 0.248 e. The molecular formula is C18H24N4O2. The summed E-state index contributed by atoms with van der Waals surface area (Å²) in [4.78, 5) is 17.9. The highest BCUT2D eigenvalue weighted by atomic mass is 16.3. The largest absolute Gasteiger partial charge is 0.385 e. The number of benzene rings is 1. The summed E-state index contributed by atoms with van der Waals surface area (Å²) < 4.78 is 1.88. The quantitative estimate of drug-likeness (QED) is 0.870. The lowest BCUT2D eigenvalue weighted by atomic mass is 9.90. The number of nitrogens with zero attached hydrogens (tertiary/aromatic N) is 3. The normalized spacial score (nSPS) is 17.8. The monoisotopic (exact) mass is 328 g/mol. The average molecular weight is 328 g/mol. The second-order valence-electron chi connectivity index (χ2n) is 6.52. The van der Waals surface area contributed by atoms with Gasteiger partial charge in [0.1, 0.15) is 11.9 Å². The first-order chi connectivity index (χ1) is 11.5. The van der Waals surface area contributed by atoms with Gasteiger partial charge in [0.25, 0.3) is 0 Å². The number of aliphatic hydroxyl groups excluding tert-OH is 1. The zero-order chi connectivity index (χ0) is 17.1. The topological polar surface area (TPSA) is 84.4 Å². The summed E-state index contributed by atoms with van der Waals surface area (Å²) in [5.41, 5.74) is 6.98. The SMILES string of the molecule is Cn1ccnc1C(O)C1CCN(Cc2cccc(C(N)=O)c2)CC1. The van der Waals surface area contributed by atoms with Gasteiger partial charge in [-0.25, -0.2) is 4.98 Å². The molecule has 1 fully saturated rings. The van der Waals surface area contributed by atoms with E-state index < -0.39 is 12.0 Å². The summed E-state index contributed by atoms with van der Waals surface area (Å²) >= 11 is 0. The van der Waals surface area contributed by atoms with Crippen LogP contribution < -0.4 is 5.73 Å². The molecule has 1 amide bonds. The standard InChI is InChI=1S/C18H24N4O2/c1-21-10-7-20-18(21)16(23)14-5-8-22(9-6-14)12-13-3-2-4-15(11-13)17(19)24/h2-4,7,10-11,14,16,23H,5-6,8-9,12H2,1H3,(H2,19,24). The fraction of sp³-hybridized carbons (Fsp3) is 0.444. The summed E-state index contributed by atoms with van der Waals surface area (Å²) in [5, 5.41) is 10.5. The Bertz CT molecular complexity index is 705. The number of aryl methyl sites for hydroxylation is 1. The molecule has 128 valence electrons. The fourth-order valence-electron chi connectivity index (χ4n) is 3.38. The Labute approximate surface area is 141 Å². The number of amides is 1. The molecule has 0 spiro atoms. The molecule has 1 aliphatic heterocycles. The predicted octanol–water partition coefficient (Wildman–Crippen LogP) is 1.46. The van der Waals surface area contributed by atoms with Gasteiger partial charge >= 0.3 is 0 Å². The van der Waals surface area contributed by atoms with E-state index in [1.165, 1.54) is 0 Å². The maximum absolute atomic E-state index is 11.3. The number of carbonyl (C=O) groups excluding carboxylic acids is 1. The van der Waals surface area contributed by atoms with Crippen LogP contribution in [0.15, 0.2) is 36.7 Å². The first-order valence-electron chi connectivity index (χ1n) is 8.31. The molecule has 2 aromatic rings. The lowest BCUT2D eigenvalue weighted by molar-refractivity contribution is 0.0492. The zero-order valence-electron chi connectivity index (χ0n) is 13.9. The number of primary amides is 1. The van der Waals surface area contributed by atoms with Crippen molar-refractivity contribution in [2.75, 3.05) is 13.1 Å². The number of aliphatic hydroxyl groups is 1. The third kappa shape index (κ3) is 3.66. The van der Waals surface area contributed by atoms with Crippen molar-refractivity contribution >= 4 is 5.91 Å². The number of imidazole rings is 1. The van der Waals surface area contributed by atoms with Crippen molar-refractivity contribution in [1.29, 1.82) is 0 Å². The lowest BCUT2D eigenvalue weighted by Crippen LogP contribution is -2.35. The minimum Gasteiger partial charge on any atom is -0.385 e. The van der Waals surface area contributed by atoms with Gasteiger partial charge in [-0.05, 0) is 49.5 Å². The van der Waals surface area contributed by atoms with Crippen LogP contribution in [-0.2, 0) is 13.6 Å².